The van der Waals surface area contributed by atoms with Gasteiger partial charge >= 0.3 is 12.5 Å². The third kappa shape index (κ3) is 2.64. The lowest BCUT2D eigenvalue weighted by molar-refractivity contribution is -0.122. The van der Waals surface area contributed by atoms with Gasteiger partial charge in [0.25, 0.3) is 0 Å². The van der Waals surface area contributed by atoms with Crippen LogP contribution in [0.15, 0.2) is 24.3 Å². The maximum Gasteiger partial charge on any atom is 0.493 e. The smallest absolute Gasteiger partial charge is 0.233 e. The van der Waals surface area contributed by atoms with E-state index in [1.54, 1.807) is 0 Å². The standard InChI is InChI=1S/C8H4F5NO/c9-5-1-3-6(4-2-5)14(7(10)15)8(11,12)13/h1-4H. The molecule has 0 aliphatic carbocycles. The zero-order valence-corrected chi connectivity index (χ0v) is 7.05. The van der Waals surface area contributed by atoms with Crippen molar-refractivity contribution in [2.75, 3.05) is 4.90 Å². The Morgan fingerprint density at radius 2 is 1.60 bits per heavy atom. The Bertz CT molecular complexity index is 358. The van der Waals surface area contributed by atoms with Crippen molar-refractivity contribution in [1.82, 2.24) is 0 Å². The molecule has 0 unspecified atom stereocenters. The first-order chi connectivity index (χ1) is 6.82. The highest BCUT2D eigenvalue weighted by molar-refractivity contribution is 5.87. The van der Waals surface area contributed by atoms with Gasteiger partial charge in [0.2, 0.25) is 0 Å². The summed E-state index contributed by atoms with van der Waals surface area (Å²) >= 11 is 0. The molecule has 0 aliphatic rings. The maximum atomic E-state index is 12.4. The molecule has 0 bridgehead atoms. The van der Waals surface area contributed by atoms with Gasteiger partial charge in [-0.05, 0) is 24.3 Å². The summed E-state index contributed by atoms with van der Waals surface area (Å²) in [5.41, 5.74) is -0.781. The zero-order chi connectivity index (χ0) is 11.6. The Morgan fingerprint density at radius 1 is 1.13 bits per heavy atom. The van der Waals surface area contributed by atoms with E-state index in [4.69, 9.17) is 0 Å². The molecule has 0 radical (unpaired) electrons. The fraction of sp³-hybridized carbons (Fsp3) is 0.125. The van der Waals surface area contributed by atoms with Crippen LogP contribution in [-0.4, -0.2) is 12.5 Å². The van der Waals surface area contributed by atoms with Crippen LogP contribution in [0, 0.1) is 5.82 Å². The van der Waals surface area contributed by atoms with Gasteiger partial charge in [0.15, 0.2) is 0 Å². The van der Waals surface area contributed by atoms with Crippen LogP contribution in [0.2, 0.25) is 0 Å². The van der Waals surface area contributed by atoms with Gasteiger partial charge in [0.05, 0.1) is 5.69 Å². The summed E-state index contributed by atoms with van der Waals surface area (Å²) in [4.78, 5) is 9.10. The zero-order valence-electron chi connectivity index (χ0n) is 7.05. The molecule has 7 heteroatoms. The molecule has 0 spiro atoms. The molecule has 1 aromatic rings. The molecule has 2 nitrogen and oxygen atoms in total. The number of amides is 1. The number of alkyl halides is 3. The number of hydrogen-bond donors (Lipinski definition) is 0. The number of hydrogen-bond acceptors (Lipinski definition) is 1. The van der Waals surface area contributed by atoms with Crippen LogP contribution in [-0.2, 0) is 0 Å². The third-order valence-electron chi connectivity index (χ3n) is 1.51. The van der Waals surface area contributed by atoms with Gasteiger partial charge in [-0.2, -0.15) is 4.90 Å². The third-order valence-corrected chi connectivity index (χ3v) is 1.51. The van der Waals surface area contributed by atoms with E-state index in [0.29, 0.717) is 24.3 Å². The molecule has 0 atom stereocenters. The topological polar surface area (TPSA) is 20.3 Å². The lowest BCUT2D eigenvalue weighted by Crippen LogP contribution is -2.40. The molecule has 1 aromatic carbocycles. The van der Waals surface area contributed by atoms with E-state index in [1.165, 1.54) is 0 Å². The van der Waals surface area contributed by atoms with Crippen LogP contribution in [0.5, 0.6) is 0 Å². The van der Waals surface area contributed by atoms with Crippen LogP contribution in [0.1, 0.15) is 0 Å². The van der Waals surface area contributed by atoms with E-state index in [9.17, 15) is 26.7 Å². The Hall–Kier alpha value is -1.66. The lowest BCUT2D eigenvalue weighted by atomic mass is 10.3. The van der Waals surface area contributed by atoms with E-state index >= 15 is 0 Å². The minimum absolute atomic E-state index is 0.653. The quantitative estimate of drug-likeness (QED) is 0.408. The highest BCUT2D eigenvalue weighted by atomic mass is 19.4. The molecule has 1 rings (SSSR count). The first-order valence-corrected chi connectivity index (χ1v) is 3.64. The Balaban J connectivity index is 3.11. The number of halogens is 5. The van der Waals surface area contributed by atoms with Gasteiger partial charge in [-0.3, -0.25) is 0 Å². The molecule has 0 aliphatic heterocycles. The second-order valence-corrected chi connectivity index (χ2v) is 2.53. The normalized spacial score (nSPS) is 11.3. The summed E-state index contributed by atoms with van der Waals surface area (Å²) in [6, 6.07) is 2.69. The molecule has 82 valence electrons. The fourth-order valence-electron chi connectivity index (χ4n) is 0.938. The number of carbonyl (C=O) groups is 1. The highest BCUT2D eigenvalue weighted by Gasteiger charge is 2.42. The predicted octanol–water partition coefficient (Wildman–Crippen LogP) is 3.24. The van der Waals surface area contributed by atoms with Crippen molar-refractivity contribution in [3.63, 3.8) is 0 Å². The molecule has 0 N–H and O–H groups in total. The summed E-state index contributed by atoms with van der Waals surface area (Å²) in [5.74, 6) is -0.785. The van der Waals surface area contributed by atoms with Crippen LogP contribution < -0.4 is 4.90 Å². The first-order valence-electron chi connectivity index (χ1n) is 3.64. The van der Waals surface area contributed by atoms with Crippen LogP contribution >= 0.6 is 0 Å². The van der Waals surface area contributed by atoms with Crippen molar-refractivity contribution < 1.29 is 26.7 Å². The Morgan fingerprint density at radius 3 is 1.93 bits per heavy atom. The Kier molecular flexibility index (Phi) is 2.92. The van der Waals surface area contributed by atoms with Crippen molar-refractivity contribution in [2.24, 2.45) is 0 Å². The van der Waals surface area contributed by atoms with E-state index in [-0.39, 0.29) is 0 Å². The highest BCUT2D eigenvalue weighted by Crippen LogP contribution is 2.29. The molecule has 15 heavy (non-hydrogen) atoms. The molecular formula is C8H4F5NO. The van der Waals surface area contributed by atoms with E-state index in [1.807, 2.05) is 0 Å². The van der Waals surface area contributed by atoms with E-state index in [2.05, 4.69) is 0 Å². The Labute approximate surface area is 80.9 Å². The van der Waals surface area contributed by atoms with E-state index in [0.717, 1.165) is 0 Å². The first kappa shape index (κ1) is 11.4. The lowest BCUT2D eigenvalue weighted by Gasteiger charge is -2.20. The SMILES string of the molecule is O=C(F)N(c1ccc(F)cc1)C(F)(F)F. The van der Waals surface area contributed by atoms with Crippen LogP contribution in [0.25, 0.3) is 0 Å². The van der Waals surface area contributed by atoms with Gasteiger partial charge in [-0.25, -0.2) is 9.18 Å². The molecule has 0 heterocycles. The van der Waals surface area contributed by atoms with Gasteiger partial charge in [-0.15, -0.1) is 17.6 Å². The van der Waals surface area contributed by atoms with Crippen molar-refractivity contribution in [3.05, 3.63) is 30.1 Å². The molecular weight excluding hydrogens is 221 g/mol. The largest absolute Gasteiger partial charge is 0.493 e. The van der Waals surface area contributed by atoms with Crippen molar-refractivity contribution >= 4 is 11.8 Å². The number of nitrogens with zero attached hydrogens (tertiary/aromatic N) is 1. The molecule has 1 amide bonds. The summed E-state index contributed by atoms with van der Waals surface area (Å²) in [5, 5.41) is 0. The number of carbonyl (C=O) groups excluding carboxylic acids is 1. The van der Waals surface area contributed by atoms with Crippen LogP contribution in [0.3, 0.4) is 0 Å². The number of rotatable bonds is 1. The van der Waals surface area contributed by atoms with Crippen molar-refractivity contribution in [3.8, 4) is 0 Å². The summed E-state index contributed by atoms with van der Waals surface area (Å²) in [6.45, 7) is 0. The van der Waals surface area contributed by atoms with Crippen LogP contribution in [0.4, 0.5) is 32.4 Å². The van der Waals surface area contributed by atoms with Gasteiger partial charge < -0.3 is 0 Å². The summed E-state index contributed by atoms with van der Waals surface area (Å²) < 4.78 is 60.9. The average Bonchev–Trinajstić information content (AvgIpc) is 2.05. The minimum atomic E-state index is -5.18. The summed E-state index contributed by atoms with van der Waals surface area (Å²) in [6.07, 6.45) is -7.85. The maximum absolute atomic E-state index is 12.4. The monoisotopic (exact) mass is 225 g/mol. The van der Waals surface area contributed by atoms with Crippen molar-refractivity contribution in [1.29, 1.82) is 0 Å². The second kappa shape index (κ2) is 3.84. The minimum Gasteiger partial charge on any atom is -0.233 e. The molecule has 0 saturated carbocycles. The van der Waals surface area contributed by atoms with Gasteiger partial charge in [-0.1, -0.05) is 0 Å². The average molecular weight is 225 g/mol. The summed E-state index contributed by atoms with van der Waals surface area (Å²) in [7, 11) is 0. The number of benzene rings is 1. The molecule has 0 saturated heterocycles. The van der Waals surface area contributed by atoms with Crippen molar-refractivity contribution in [2.45, 2.75) is 6.30 Å². The number of anilines is 1. The van der Waals surface area contributed by atoms with Gasteiger partial charge in [0.1, 0.15) is 5.82 Å². The molecule has 0 fully saturated rings. The second-order valence-electron chi connectivity index (χ2n) is 2.53. The van der Waals surface area contributed by atoms with E-state index < -0.39 is 28.9 Å². The predicted molar refractivity (Wildman–Crippen MR) is 41.4 cm³/mol. The fourth-order valence-corrected chi connectivity index (χ4v) is 0.938. The van der Waals surface area contributed by atoms with Gasteiger partial charge in [0, 0.05) is 0 Å². The molecule has 0 aromatic heterocycles.